The summed E-state index contributed by atoms with van der Waals surface area (Å²) < 4.78 is 214. The quantitative estimate of drug-likeness (QED) is 0.0824. The van der Waals surface area contributed by atoms with Gasteiger partial charge in [0.1, 0.15) is 19.0 Å². The monoisotopic (exact) mass is 772 g/mol. The van der Waals surface area contributed by atoms with Crippen molar-refractivity contribution in [2.45, 2.75) is 87.9 Å². The minimum Gasteiger partial charge on any atom is -0.491 e. The number of benzene rings is 1. The van der Waals surface area contributed by atoms with Crippen molar-refractivity contribution in [3.05, 3.63) is 42.2 Å². The van der Waals surface area contributed by atoms with Crippen LogP contribution in [0.15, 0.2) is 36.7 Å². The minimum absolute atomic E-state index is 0.0953. The van der Waals surface area contributed by atoms with E-state index in [1.807, 2.05) is 0 Å². The maximum Gasteiger partial charge on any atom is 0.460 e. The van der Waals surface area contributed by atoms with Crippen molar-refractivity contribution >= 4 is 0 Å². The molecule has 0 N–H and O–H groups in total. The topological polar surface area (TPSA) is 71.9 Å². The molecule has 0 aliphatic heterocycles. The fraction of sp³-hybridized carbons (Fsp3) is 0.655. The molecule has 0 unspecified atom stereocenters. The summed E-state index contributed by atoms with van der Waals surface area (Å²) in [5.41, 5.74) is 1.72. The van der Waals surface area contributed by atoms with E-state index in [0.717, 1.165) is 31.2 Å². The third-order valence-corrected chi connectivity index (χ3v) is 6.51. The normalized spacial score (nSPS) is 13.9. The van der Waals surface area contributed by atoms with E-state index in [1.165, 1.54) is 12.8 Å². The van der Waals surface area contributed by atoms with Crippen molar-refractivity contribution in [2.75, 3.05) is 33.0 Å². The number of nitrogens with zero attached hydrogens (tertiary/aromatic N) is 2. The Bertz CT molecular complexity index is 1330. The molecule has 0 saturated heterocycles. The number of ether oxygens (including phenoxy) is 5. The van der Waals surface area contributed by atoms with E-state index in [1.54, 1.807) is 41.4 Å². The van der Waals surface area contributed by atoms with Crippen LogP contribution in [0.3, 0.4) is 0 Å². The molecule has 0 radical (unpaired) electrons. The van der Waals surface area contributed by atoms with Gasteiger partial charge >= 0.3 is 42.5 Å². The highest BCUT2D eigenvalue weighted by Crippen LogP contribution is 2.56. The summed E-state index contributed by atoms with van der Waals surface area (Å²) in [6.45, 7) is -1.83. The first-order valence-corrected chi connectivity index (χ1v) is 14.8. The van der Waals surface area contributed by atoms with Crippen LogP contribution in [-0.4, -0.2) is 85.5 Å². The molecule has 51 heavy (non-hydrogen) atoms. The number of aromatic nitrogens is 2. The molecule has 0 aliphatic carbocycles. The van der Waals surface area contributed by atoms with Crippen molar-refractivity contribution in [2.24, 2.45) is 0 Å². The number of unbranched alkanes of at least 4 members (excludes halogenated alkanes) is 4. The second-order valence-corrected chi connectivity index (χ2v) is 10.7. The Morgan fingerprint density at radius 1 is 0.569 bits per heavy atom. The molecule has 0 amide bonds. The van der Waals surface area contributed by atoms with E-state index >= 15 is 0 Å². The maximum absolute atomic E-state index is 13.6. The zero-order valence-electron chi connectivity index (χ0n) is 26.3. The van der Waals surface area contributed by atoms with Gasteiger partial charge in [-0.2, -0.15) is 65.9 Å². The molecule has 7 nitrogen and oxygen atoms in total. The van der Waals surface area contributed by atoms with E-state index < -0.39 is 62.3 Å². The van der Waals surface area contributed by atoms with Gasteiger partial charge in [0.05, 0.1) is 19.8 Å². The summed E-state index contributed by atoms with van der Waals surface area (Å²) in [6.07, 6.45) is -25.0. The van der Waals surface area contributed by atoms with Gasteiger partial charge in [-0.05, 0) is 42.7 Å². The molecule has 2 rings (SSSR count). The zero-order valence-corrected chi connectivity index (χ0v) is 26.3. The summed E-state index contributed by atoms with van der Waals surface area (Å²) >= 11 is 0. The first kappa shape index (κ1) is 44.1. The Morgan fingerprint density at radius 3 is 1.67 bits per heavy atom. The average Bonchev–Trinajstić information content (AvgIpc) is 3.01. The number of alkyl halides is 15. The standard InChI is InChI=1S/C29H31F15N2O5/c1-2-3-4-5-6-7-19-16-45-22(46-17-19)20-8-10-21(11-9-20)49-15-14-47-12-13-48-18-23(30,31)50-28(41,42)29(43,44)51-27(39,40)25(34,35)24(32,33)26(36,37)38/h8-11,16-17H,2-7,12-15,18H2,1H3. The molecule has 0 fully saturated rings. The Hall–Kier alpha value is -3.11. The maximum atomic E-state index is 13.6. The lowest BCUT2D eigenvalue weighted by molar-refractivity contribution is -0.543. The molecule has 0 atom stereocenters. The molecule has 292 valence electrons. The summed E-state index contributed by atoms with van der Waals surface area (Å²) in [4.78, 5) is 8.72. The third kappa shape index (κ3) is 12.2. The highest BCUT2D eigenvalue weighted by molar-refractivity contribution is 5.55. The lowest BCUT2D eigenvalue weighted by Crippen LogP contribution is -2.64. The van der Waals surface area contributed by atoms with Gasteiger partial charge in [-0.1, -0.05) is 32.6 Å². The van der Waals surface area contributed by atoms with Crippen LogP contribution in [-0.2, 0) is 25.4 Å². The Balaban J connectivity index is 1.74. The van der Waals surface area contributed by atoms with Gasteiger partial charge in [0.2, 0.25) is 0 Å². The van der Waals surface area contributed by atoms with Crippen LogP contribution < -0.4 is 4.74 Å². The predicted molar refractivity (Wildman–Crippen MR) is 145 cm³/mol. The molecule has 1 aromatic heterocycles. The van der Waals surface area contributed by atoms with Gasteiger partial charge in [0.25, 0.3) is 0 Å². The van der Waals surface area contributed by atoms with Crippen molar-refractivity contribution in [3.8, 4) is 17.1 Å². The van der Waals surface area contributed by atoms with Crippen molar-refractivity contribution < 1.29 is 89.5 Å². The van der Waals surface area contributed by atoms with Crippen molar-refractivity contribution in [3.63, 3.8) is 0 Å². The molecule has 0 saturated carbocycles. The van der Waals surface area contributed by atoms with Crippen LogP contribution in [0.25, 0.3) is 11.4 Å². The number of rotatable bonds is 23. The van der Waals surface area contributed by atoms with Crippen LogP contribution in [0.4, 0.5) is 65.9 Å². The fourth-order valence-corrected chi connectivity index (χ4v) is 3.82. The third-order valence-electron chi connectivity index (χ3n) is 6.51. The minimum atomic E-state index is -7.92. The van der Waals surface area contributed by atoms with Crippen LogP contribution in [0, 0.1) is 0 Å². The van der Waals surface area contributed by atoms with Gasteiger partial charge in [-0.3, -0.25) is 0 Å². The molecule has 1 heterocycles. The average molecular weight is 773 g/mol. The van der Waals surface area contributed by atoms with Crippen LogP contribution in [0.2, 0.25) is 0 Å². The Kier molecular flexibility index (Phi) is 15.2. The summed E-state index contributed by atoms with van der Waals surface area (Å²) in [7, 11) is 0. The van der Waals surface area contributed by atoms with Gasteiger partial charge in [-0.25, -0.2) is 19.4 Å². The van der Waals surface area contributed by atoms with Crippen molar-refractivity contribution in [1.82, 2.24) is 9.97 Å². The Labute approximate surface area is 280 Å². The molecule has 2 aromatic rings. The first-order valence-electron chi connectivity index (χ1n) is 14.8. The van der Waals surface area contributed by atoms with Gasteiger partial charge < -0.3 is 14.2 Å². The predicted octanol–water partition coefficient (Wildman–Crippen LogP) is 9.31. The first-order chi connectivity index (χ1) is 23.4. The summed E-state index contributed by atoms with van der Waals surface area (Å²) in [5.74, 6) is -14.9. The van der Waals surface area contributed by atoms with E-state index in [2.05, 4.69) is 26.4 Å². The molecule has 0 bridgehead atoms. The molecular formula is C29H31F15N2O5. The van der Waals surface area contributed by atoms with Crippen molar-refractivity contribution in [1.29, 1.82) is 0 Å². The summed E-state index contributed by atoms with van der Waals surface area (Å²) in [5, 5.41) is 0. The Morgan fingerprint density at radius 2 is 1.10 bits per heavy atom. The highest BCUT2D eigenvalue weighted by Gasteiger charge is 2.85. The van der Waals surface area contributed by atoms with Gasteiger partial charge in [0.15, 0.2) is 5.82 Å². The molecule has 0 spiro atoms. The molecule has 1 aromatic carbocycles. The molecule has 0 aliphatic rings. The zero-order chi connectivity index (χ0) is 38.8. The van der Waals surface area contributed by atoms with E-state index in [-0.39, 0.29) is 13.2 Å². The van der Waals surface area contributed by atoms with E-state index in [9.17, 15) is 65.9 Å². The van der Waals surface area contributed by atoms with Gasteiger partial charge in [0, 0.05) is 18.0 Å². The lowest BCUT2D eigenvalue weighted by atomic mass is 10.1. The molecule has 22 heteroatoms. The van der Waals surface area contributed by atoms with Crippen LogP contribution in [0.1, 0.15) is 44.6 Å². The number of aryl methyl sites for hydroxylation is 1. The smallest absolute Gasteiger partial charge is 0.460 e. The molecular weight excluding hydrogens is 741 g/mol. The SMILES string of the molecule is CCCCCCCc1cnc(-c2ccc(OCCOCCOCC(F)(F)OC(F)(F)C(F)(F)OC(F)(F)C(F)(F)C(F)(F)C(F)(F)F)cc2)nc1. The van der Waals surface area contributed by atoms with E-state index in [4.69, 9.17) is 9.47 Å². The largest absolute Gasteiger partial charge is 0.491 e. The van der Waals surface area contributed by atoms with Gasteiger partial charge in [-0.15, -0.1) is 0 Å². The van der Waals surface area contributed by atoms with E-state index in [0.29, 0.717) is 17.1 Å². The highest BCUT2D eigenvalue weighted by atomic mass is 19.4. The number of hydrogen-bond donors (Lipinski definition) is 0. The van der Waals surface area contributed by atoms with Crippen LogP contribution in [0.5, 0.6) is 5.75 Å². The fourth-order valence-electron chi connectivity index (χ4n) is 3.82. The second kappa shape index (κ2) is 17.6. The second-order valence-electron chi connectivity index (χ2n) is 10.7. The summed E-state index contributed by atoms with van der Waals surface area (Å²) in [6, 6.07) is 6.57. The van der Waals surface area contributed by atoms with Crippen LogP contribution >= 0.6 is 0 Å². The lowest BCUT2D eigenvalue weighted by Gasteiger charge is -2.36. The number of halogens is 15. The number of hydrogen-bond acceptors (Lipinski definition) is 7.